The van der Waals surface area contributed by atoms with E-state index < -0.39 is 0 Å². The number of aromatic nitrogens is 2. The second kappa shape index (κ2) is 7.55. The van der Waals surface area contributed by atoms with Crippen LogP contribution < -0.4 is 10.1 Å². The first-order valence-corrected chi connectivity index (χ1v) is 8.95. The van der Waals surface area contributed by atoms with Gasteiger partial charge in [-0.1, -0.05) is 18.7 Å². The number of thioether (sulfide) groups is 1. The highest BCUT2D eigenvalue weighted by Crippen LogP contribution is 2.27. The van der Waals surface area contributed by atoms with E-state index in [0.717, 1.165) is 47.2 Å². The monoisotopic (exact) mass is 331 g/mol. The fraction of sp³-hybridized carbons (Fsp3) is 0.412. The largest absolute Gasteiger partial charge is 0.494 e. The van der Waals surface area contributed by atoms with Gasteiger partial charge in [-0.25, -0.2) is 4.98 Å². The highest BCUT2D eigenvalue weighted by atomic mass is 32.2. The van der Waals surface area contributed by atoms with Crippen molar-refractivity contribution in [3.63, 3.8) is 0 Å². The Labute approximate surface area is 140 Å². The molecule has 0 fully saturated rings. The SMILES string of the molecule is CCc1cnc(SCCCOc2ccc3c(c2)CCC(=O)N3)[nH]1. The zero-order valence-electron chi connectivity index (χ0n) is 13.2. The van der Waals surface area contributed by atoms with Crippen LogP contribution in [0.3, 0.4) is 0 Å². The lowest BCUT2D eigenvalue weighted by molar-refractivity contribution is -0.116. The molecule has 0 saturated carbocycles. The van der Waals surface area contributed by atoms with Crippen molar-refractivity contribution < 1.29 is 9.53 Å². The van der Waals surface area contributed by atoms with E-state index in [1.807, 2.05) is 24.4 Å². The van der Waals surface area contributed by atoms with Crippen LogP contribution in [0.1, 0.15) is 31.0 Å². The third-order valence-electron chi connectivity index (χ3n) is 3.75. The molecule has 1 aliphatic rings. The summed E-state index contributed by atoms with van der Waals surface area (Å²) in [5.74, 6) is 1.93. The molecule has 0 spiro atoms. The van der Waals surface area contributed by atoms with E-state index in [-0.39, 0.29) is 5.91 Å². The summed E-state index contributed by atoms with van der Waals surface area (Å²) >= 11 is 1.72. The quantitative estimate of drug-likeness (QED) is 0.603. The minimum Gasteiger partial charge on any atom is -0.494 e. The molecule has 0 unspecified atom stereocenters. The predicted octanol–water partition coefficient (Wildman–Crippen LogP) is 3.42. The number of H-pyrrole nitrogens is 1. The number of nitrogens with one attached hydrogen (secondary N) is 2. The first-order chi connectivity index (χ1) is 11.2. The number of aryl methyl sites for hydroxylation is 2. The van der Waals surface area contributed by atoms with Crippen molar-refractivity contribution in [2.75, 3.05) is 17.7 Å². The van der Waals surface area contributed by atoms with Crippen molar-refractivity contribution in [3.05, 3.63) is 35.7 Å². The molecule has 0 aliphatic carbocycles. The Hall–Kier alpha value is -1.95. The van der Waals surface area contributed by atoms with Gasteiger partial charge in [0.25, 0.3) is 0 Å². The number of rotatable bonds is 7. The summed E-state index contributed by atoms with van der Waals surface area (Å²) in [5.41, 5.74) is 3.23. The summed E-state index contributed by atoms with van der Waals surface area (Å²) in [4.78, 5) is 19.0. The highest BCUT2D eigenvalue weighted by Gasteiger charge is 2.14. The van der Waals surface area contributed by atoms with Crippen LogP contribution >= 0.6 is 11.8 Å². The summed E-state index contributed by atoms with van der Waals surface area (Å²) in [6.07, 6.45) is 5.17. The van der Waals surface area contributed by atoms with Crippen LogP contribution in [0.25, 0.3) is 0 Å². The molecule has 1 aromatic heterocycles. The van der Waals surface area contributed by atoms with Gasteiger partial charge in [-0.15, -0.1) is 0 Å². The molecule has 1 amide bonds. The second-order valence-electron chi connectivity index (χ2n) is 5.48. The lowest BCUT2D eigenvalue weighted by Gasteiger charge is -2.17. The number of imidazole rings is 1. The molecule has 1 aliphatic heterocycles. The fourth-order valence-corrected chi connectivity index (χ4v) is 3.24. The van der Waals surface area contributed by atoms with Gasteiger partial charge in [0.05, 0.1) is 6.61 Å². The van der Waals surface area contributed by atoms with Crippen molar-refractivity contribution in [1.82, 2.24) is 9.97 Å². The van der Waals surface area contributed by atoms with Gasteiger partial charge in [-0.2, -0.15) is 0 Å². The number of ether oxygens (including phenoxy) is 1. The average molecular weight is 331 g/mol. The Morgan fingerprint density at radius 3 is 3.09 bits per heavy atom. The Morgan fingerprint density at radius 2 is 2.26 bits per heavy atom. The van der Waals surface area contributed by atoms with E-state index in [0.29, 0.717) is 13.0 Å². The number of hydrogen-bond acceptors (Lipinski definition) is 4. The zero-order chi connectivity index (χ0) is 16.1. The summed E-state index contributed by atoms with van der Waals surface area (Å²) < 4.78 is 5.81. The number of amides is 1. The molecule has 122 valence electrons. The Balaban J connectivity index is 1.41. The van der Waals surface area contributed by atoms with Gasteiger partial charge in [0.1, 0.15) is 5.75 Å². The number of anilines is 1. The van der Waals surface area contributed by atoms with Crippen LogP contribution in [0.4, 0.5) is 5.69 Å². The lowest BCUT2D eigenvalue weighted by atomic mass is 10.0. The van der Waals surface area contributed by atoms with Crippen molar-refractivity contribution in [1.29, 1.82) is 0 Å². The minimum absolute atomic E-state index is 0.0901. The molecule has 6 heteroatoms. The summed E-state index contributed by atoms with van der Waals surface area (Å²) in [6.45, 7) is 2.79. The Morgan fingerprint density at radius 1 is 1.35 bits per heavy atom. The highest BCUT2D eigenvalue weighted by molar-refractivity contribution is 7.99. The summed E-state index contributed by atoms with van der Waals surface area (Å²) in [6, 6.07) is 5.87. The molecule has 1 aromatic carbocycles. The second-order valence-corrected chi connectivity index (χ2v) is 6.57. The van der Waals surface area contributed by atoms with Crippen LogP contribution in [-0.2, 0) is 17.6 Å². The van der Waals surface area contributed by atoms with Crippen LogP contribution in [0.15, 0.2) is 29.6 Å². The van der Waals surface area contributed by atoms with Gasteiger partial charge in [0.2, 0.25) is 5.91 Å². The van der Waals surface area contributed by atoms with Gasteiger partial charge in [-0.3, -0.25) is 4.79 Å². The molecule has 0 saturated heterocycles. The number of hydrogen-bond donors (Lipinski definition) is 2. The van der Waals surface area contributed by atoms with Crippen molar-refractivity contribution >= 4 is 23.4 Å². The van der Waals surface area contributed by atoms with Crippen molar-refractivity contribution in [2.24, 2.45) is 0 Å². The molecule has 0 radical (unpaired) electrons. The maximum absolute atomic E-state index is 11.3. The number of benzene rings is 1. The van der Waals surface area contributed by atoms with E-state index in [9.17, 15) is 4.79 Å². The Kier molecular flexibility index (Phi) is 5.23. The number of aromatic amines is 1. The van der Waals surface area contributed by atoms with Crippen LogP contribution in [0.5, 0.6) is 5.75 Å². The molecular formula is C17H21N3O2S. The number of carbonyl (C=O) groups excluding carboxylic acids is 1. The van der Waals surface area contributed by atoms with Gasteiger partial charge in [0.15, 0.2) is 5.16 Å². The number of nitrogens with zero attached hydrogens (tertiary/aromatic N) is 1. The number of fused-ring (bicyclic) bond motifs is 1. The topological polar surface area (TPSA) is 67.0 Å². The summed E-state index contributed by atoms with van der Waals surface area (Å²) in [7, 11) is 0. The molecule has 23 heavy (non-hydrogen) atoms. The normalized spacial score (nSPS) is 13.5. The molecule has 0 atom stereocenters. The van der Waals surface area contributed by atoms with E-state index >= 15 is 0 Å². The van der Waals surface area contributed by atoms with Crippen molar-refractivity contribution in [2.45, 2.75) is 37.8 Å². The van der Waals surface area contributed by atoms with Crippen LogP contribution in [0, 0.1) is 0 Å². The molecule has 2 heterocycles. The maximum atomic E-state index is 11.3. The van der Waals surface area contributed by atoms with Crippen LogP contribution in [-0.4, -0.2) is 28.2 Å². The van der Waals surface area contributed by atoms with E-state index in [1.54, 1.807) is 11.8 Å². The fourth-order valence-electron chi connectivity index (χ4n) is 2.46. The van der Waals surface area contributed by atoms with E-state index in [4.69, 9.17) is 4.74 Å². The zero-order valence-corrected chi connectivity index (χ0v) is 14.0. The molecule has 2 aromatic rings. The van der Waals surface area contributed by atoms with E-state index in [1.165, 1.54) is 5.69 Å². The standard InChI is InChI=1S/C17H21N3O2S/c1-2-13-11-18-17(19-13)23-9-3-8-22-14-5-6-15-12(10-14)4-7-16(21)20-15/h5-6,10-11H,2-4,7-9H2,1H3,(H,18,19)(H,20,21). The van der Waals surface area contributed by atoms with Crippen molar-refractivity contribution in [3.8, 4) is 5.75 Å². The number of carbonyl (C=O) groups is 1. The molecule has 3 rings (SSSR count). The van der Waals surface area contributed by atoms with E-state index in [2.05, 4.69) is 22.2 Å². The first-order valence-electron chi connectivity index (χ1n) is 7.97. The molecule has 0 bridgehead atoms. The van der Waals surface area contributed by atoms with Gasteiger partial charge >= 0.3 is 0 Å². The molecular weight excluding hydrogens is 310 g/mol. The van der Waals surface area contributed by atoms with Gasteiger partial charge < -0.3 is 15.0 Å². The van der Waals surface area contributed by atoms with Gasteiger partial charge in [0, 0.05) is 29.8 Å². The van der Waals surface area contributed by atoms with Gasteiger partial charge in [-0.05, 0) is 43.0 Å². The molecule has 5 nitrogen and oxygen atoms in total. The third-order valence-corrected chi connectivity index (χ3v) is 4.73. The molecule has 2 N–H and O–H groups in total. The van der Waals surface area contributed by atoms with Crippen LogP contribution in [0.2, 0.25) is 0 Å². The minimum atomic E-state index is 0.0901. The Bertz CT molecular complexity index is 684. The smallest absolute Gasteiger partial charge is 0.224 e. The predicted molar refractivity (Wildman–Crippen MR) is 92.2 cm³/mol. The summed E-state index contributed by atoms with van der Waals surface area (Å²) in [5, 5.41) is 3.86. The third kappa shape index (κ3) is 4.28. The lowest BCUT2D eigenvalue weighted by Crippen LogP contribution is -2.18. The first kappa shape index (κ1) is 15.9. The average Bonchev–Trinajstić information content (AvgIpc) is 3.02. The maximum Gasteiger partial charge on any atom is 0.224 e.